The van der Waals surface area contributed by atoms with Gasteiger partial charge in [0.05, 0.1) is 6.26 Å². The largest absolute Gasteiger partial charge is 0.440 e. The van der Waals surface area contributed by atoms with Gasteiger partial charge in [0, 0.05) is 24.0 Å². The van der Waals surface area contributed by atoms with Crippen molar-refractivity contribution < 1.29 is 17.6 Å². The van der Waals surface area contributed by atoms with Crippen molar-refractivity contribution >= 4 is 15.9 Å². The van der Waals surface area contributed by atoms with Crippen LogP contribution in [0, 0.1) is 0 Å². The van der Waals surface area contributed by atoms with Gasteiger partial charge in [0.25, 0.3) is 0 Å². The number of nitrogens with one attached hydrogen (secondary N) is 1. The summed E-state index contributed by atoms with van der Waals surface area (Å²) in [6, 6.07) is 19.2. The Hall–Kier alpha value is -2.93. The zero-order chi connectivity index (χ0) is 18.6. The van der Waals surface area contributed by atoms with Gasteiger partial charge in [0.2, 0.25) is 15.9 Å². The van der Waals surface area contributed by atoms with Crippen LogP contribution in [0.15, 0.2) is 65.1 Å². The number of aryl methyl sites for hydroxylation is 1. The lowest BCUT2D eigenvalue weighted by molar-refractivity contribution is -0.119. The molecule has 1 heterocycles. The Labute approximate surface area is 151 Å². The molecule has 0 aliphatic carbocycles. The summed E-state index contributed by atoms with van der Waals surface area (Å²) in [4.78, 5) is 16.2. The molecule has 0 radical (unpaired) electrons. The van der Waals surface area contributed by atoms with Crippen molar-refractivity contribution in [1.29, 1.82) is 0 Å². The second kappa shape index (κ2) is 7.53. The molecule has 3 aromatic rings. The number of carbonyl (C=O) groups is 1. The molecule has 0 fully saturated rings. The normalized spacial score (nSPS) is 11.3. The second-order valence-electron chi connectivity index (χ2n) is 5.81. The first-order chi connectivity index (χ1) is 12.4. The standard InChI is InChI=1S/C19H18N2O4S/c1-26(23,24)21-16(22)12-13-17-20-18(14-8-4-2-5-9-14)19(25-17)15-10-6-3-7-11-15/h2-11H,12-13H2,1H3,(H,21,22). The Balaban J connectivity index is 1.89. The van der Waals surface area contributed by atoms with Crippen molar-refractivity contribution in [2.24, 2.45) is 0 Å². The first kappa shape index (κ1) is 17.9. The van der Waals surface area contributed by atoms with Gasteiger partial charge in [-0.3, -0.25) is 9.52 Å². The van der Waals surface area contributed by atoms with E-state index in [1.165, 1.54) is 0 Å². The summed E-state index contributed by atoms with van der Waals surface area (Å²) < 4.78 is 30.1. The van der Waals surface area contributed by atoms with E-state index in [0.717, 1.165) is 17.4 Å². The van der Waals surface area contributed by atoms with Gasteiger partial charge in [0.1, 0.15) is 5.69 Å². The van der Waals surface area contributed by atoms with E-state index in [1.807, 2.05) is 65.4 Å². The van der Waals surface area contributed by atoms with E-state index in [4.69, 9.17) is 4.42 Å². The van der Waals surface area contributed by atoms with Gasteiger partial charge >= 0.3 is 0 Å². The lowest BCUT2D eigenvalue weighted by Gasteiger charge is -2.01. The topological polar surface area (TPSA) is 89.3 Å². The number of oxazole rings is 1. The predicted molar refractivity (Wildman–Crippen MR) is 98.7 cm³/mol. The molecule has 0 spiro atoms. The van der Waals surface area contributed by atoms with Gasteiger partial charge in [0.15, 0.2) is 11.7 Å². The maximum absolute atomic E-state index is 11.7. The Morgan fingerprint density at radius 1 is 1.00 bits per heavy atom. The highest BCUT2D eigenvalue weighted by molar-refractivity contribution is 7.89. The number of nitrogens with zero attached hydrogens (tertiary/aromatic N) is 1. The fourth-order valence-corrected chi connectivity index (χ4v) is 3.04. The Morgan fingerprint density at radius 2 is 1.58 bits per heavy atom. The molecule has 0 bridgehead atoms. The lowest BCUT2D eigenvalue weighted by Crippen LogP contribution is -2.29. The van der Waals surface area contributed by atoms with Crippen LogP contribution in [0.25, 0.3) is 22.6 Å². The molecule has 3 rings (SSSR count). The van der Waals surface area contributed by atoms with Crippen LogP contribution in [0.2, 0.25) is 0 Å². The number of carbonyl (C=O) groups excluding carboxylic acids is 1. The van der Waals surface area contributed by atoms with Crippen LogP contribution >= 0.6 is 0 Å². The number of benzene rings is 2. The lowest BCUT2D eigenvalue weighted by atomic mass is 10.1. The molecule has 1 N–H and O–H groups in total. The molecule has 134 valence electrons. The van der Waals surface area contributed by atoms with Crippen molar-refractivity contribution in [1.82, 2.24) is 9.71 Å². The molecule has 1 amide bonds. The summed E-state index contributed by atoms with van der Waals surface area (Å²) in [5, 5.41) is 0. The second-order valence-corrected chi connectivity index (χ2v) is 7.56. The third kappa shape index (κ3) is 4.58. The number of hydrogen-bond acceptors (Lipinski definition) is 5. The minimum Gasteiger partial charge on any atom is -0.440 e. The summed E-state index contributed by atoms with van der Waals surface area (Å²) in [7, 11) is -3.57. The van der Waals surface area contributed by atoms with Crippen LogP contribution in [0.5, 0.6) is 0 Å². The van der Waals surface area contributed by atoms with Crippen LogP contribution in [0.4, 0.5) is 0 Å². The zero-order valence-electron chi connectivity index (χ0n) is 14.2. The molecule has 2 aromatic carbocycles. The number of sulfonamides is 1. The third-order valence-corrected chi connectivity index (χ3v) is 4.22. The molecule has 0 saturated heterocycles. The molecular weight excluding hydrogens is 352 g/mol. The van der Waals surface area contributed by atoms with Crippen LogP contribution in [0.1, 0.15) is 12.3 Å². The average molecular weight is 370 g/mol. The highest BCUT2D eigenvalue weighted by Crippen LogP contribution is 2.32. The molecule has 6 nitrogen and oxygen atoms in total. The predicted octanol–water partition coefficient (Wildman–Crippen LogP) is 3.02. The molecule has 7 heteroatoms. The average Bonchev–Trinajstić information content (AvgIpc) is 3.04. The summed E-state index contributed by atoms with van der Waals surface area (Å²) in [5.41, 5.74) is 2.47. The first-order valence-electron chi connectivity index (χ1n) is 8.03. The van der Waals surface area contributed by atoms with E-state index in [9.17, 15) is 13.2 Å². The van der Waals surface area contributed by atoms with Crippen molar-refractivity contribution in [2.45, 2.75) is 12.8 Å². The molecular formula is C19H18N2O4S. The SMILES string of the molecule is CS(=O)(=O)NC(=O)CCc1nc(-c2ccccc2)c(-c2ccccc2)o1. The van der Waals surface area contributed by atoms with Crippen LogP contribution < -0.4 is 4.72 Å². The Kier molecular flexibility index (Phi) is 5.18. The van der Waals surface area contributed by atoms with E-state index < -0.39 is 15.9 Å². The minimum atomic E-state index is -3.57. The van der Waals surface area contributed by atoms with E-state index in [-0.39, 0.29) is 12.8 Å². The number of amides is 1. The molecule has 0 atom stereocenters. The smallest absolute Gasteiger partial charge is 0.233 e. The Bertz CT molecular complexity index is 940. The minimum absolute atomic E-state index is 0.0317. The highest BCUT2D eigenvalue weighted by Gasteiger charge is 2.18. The summed E-state index contributed by atoms with van der Waals surface area (Å²) in [6.45, 7) is 0. The summed E-state index contributed by atoms with van der Waals surface area (Å²) >= 11 is 0. The van der Waals surface area contributed by atoms with Crippen LogP contribution in [-0.2, 0) is 21.2 Å². The van der Waals surface area contributed by atoms with Gasteiger partial charge < -0.3 is 4.42 Å². The quantitative estimate of drug-likeness (QED) is 0.720. The van der Waals surface area contributed by atoms with Gasteiger partial charge in [-0.1, -0.05) is 60.7 Å². The third-order valence-electron chi connectivity index (χ3n) is 3.62. The van der Waals surface area contributed by atoms with E-state index >= 15 is 0 Å². The number of hydrogen-bond donors (Lipinski definition) is 1. The van der Waals surface area contributed by atoms with Crippen LogP contribution in [-0.4, -0.2) is 25.6 Å². The van der Waals surface area contributed by atoms with E-state index in [2.05, 4.69) is 4.98 Å². The maximum atomic E-state index is 11.7. The Morgan fingerprint density at radius 3 is 2.15 bits per heavy atom. The molecule has 0 aliphatic heterocycles. The summed E-state index contributed by atoms with van der Waals surface area (Å²) in [6.07, 6.45) is 1.11. The zero-order valence-corrected chi connectivity index (χ0v) is 15.0. The fourth-order valence-electron chi connectivity index (χ4n) is 2.53. The monoisotopic (exact) mass is 370 g/mol. The molecule has 1 aromatic heterocycles. The van der Waals surface area contributed by atoms with Gasteiger partial charge in [-0.05, 0) is 0 Å². The molecule has 0 aliphatic rings. The van der Waals surface area contributed by atoms with Crippen molar-refractivity contribution in [3.05, 3.63) is 66.6 Å². The maximum Gasteiger partial charge on any atom is 0.233 e. The van der Waals surface area contributed by atoms with Gasteiger partial charge in [-0.2, -0.15) is 0 Å². The summed E-state index contributed by atoms with van der Waals surface area (Å²) in [5.74, 6) is 0.412. The van der Waals surface area contributed by atoms with Crippen molar-refractivity contribution in [3.63, 3.8) is 0 Å². The molecule has 0 unspecified atom stereocenters. The number of rotatable bonds is 6. The van der Waals surface area contributed by atoms with Crippen LogP contribution in [0.3, 0.4) is 0 Å². The first-order valence-corrected chi connectivity index (χ1v) is 9.93. The highest BCUT2D eigenvalue weighted by atomic mass is 32.2. The molecule has 26 heavy (non-hydrogen) atoms. The van der Waals surface area contributed by atoms with Gasteiger partial charge in [-0.25, -0.2) is 13.4 Å². The van der Waals surface area contributed by atoms with Gasteiger partial charge in [-0.15, -0.1) is 0 Å². The number of aromatic nitrogens is 1. The fraction of sp³-hybridized carbons (Fsp3) is 0.158. The van der Waals surface area contributed by atoms with E-state index in [0.29, 0.717) is 17.3 Å². The van der Waals surface area contributed by atoms with E-state index in [1.54, 1.807) is 0 Å². The van der Waals surface area contributed by atoms with Crippen molar-refractivity contribution in [2.75, 3.05) is 6.26 Å². The van der Waals surface area contributed by atoms with Crippen molar-refractivity contribution in [3.8, 4) is 22.6 Å². The molecule has 0 saturated carbocycles.